The Morgan fingerprint density at radius 1 is 1.21 bits per heavy atom. The molecule has 4 amide bonds. The van der Waals surface area contributed by atoms with Gasteiger partial charge in [0, 0.05) is 6.04 Å². The average Bonchev–Trinajstić information content (AvgIpc) is 3.36. The van der Waals surface area contributed by atoms with Crippen LogP contribution in [0.2, 0.25) is 0 Å². The summed E-state index contributed by atoms with van der Waals surface area (Å²) in [5.41, 5.74) is 1.01. The molecule has 24 heavy (non-hydrogen) atoms. The molecule has 1 aromatic carbocycles. The Kier molecular flexibility index (Phi) is 4.55. The monoisotopic (exact) mass is 329 g/mol. The van der Waals surface area contributed by atoms with Gasteiger partial charge < -0.3 is 10.2 Å². The van der Waals surface area contributed by atoms with Gasteiger partial charge in [-0.05, 0) is 24.3 Å². The zero-order valence-corrected chi connectivity index (χ0v) is 14.1. The molecule has 6 heteroatoms. The van der Waals surface area contributed by atoms with E-state index >= 15 is 0 Å². The van der Waals surface area contributed by atoms with Gasteiger partial charge in [0.2, 0.25) is 5.91 Å². The summed E-state index contributed by atoms with van der Waals surface area (Å²) >= 11 is 0. The summed E-state index contributed by atoms with van der Waals surface area (Å²) in [6, 6.07) is 9.41. The zero-order valence-electron chi connectivity index (χ0n) is 14.1. The van der Waals surface area contributed by atoms with Crippen LogP contribution >= 0.6 is 0 Å². The standard InChI is InChI=1S/C18H23N3O3/c1-12(2)17(13-6-4-3-5-7-13)19-15(22)10-21-16(23)11-20(18(21)24)14-8-9-14/h3-7,12,14,17H,8-11H2,1-2H3,(H,19,22). The number of hydrogen-bond donors (Lipinski definition) is 1. The van der Waals surface area contributed by atoms with Gasteiger partial charge in [0.05, 0.1) is 6.04 Å². The van der Waals surface area contributed by atoms with Crippen LogP contribution in [0.4, 0.5) is 4.79 Å². The van der Waals surface area contributed by atoms with Gasteiger partial charge >= 0.3 is 6.03 Å². The molecule has 0 aromatic heterocycles. The van der Waals surface area contributed by atoms with Crippen molar-refractivity contribution < 1.29 is 14.4 Å². The summed E-state index contributed by atoms with van der Waals surface area (Å²) in [7, 11) is 0. The average molecular weight is 329 g/mol. The fraction of sp³-hybridized carbons (Fsp3) is 0.500. The molecule has 1 aliphatic heterocycles. The van der Waals surface area contributed by atoms with E-state index in [-0.39, 0.29) is 48.9 Å². The van der Waals surface area contributed by atoms with Gasteiger partial charge in [-0.2, -0.15) is 0 Å². The molecule has 1 heterocycles. The lowest BCUT2D eigenvalue weighted by Crippen LogP contribution is -2.43. The zero-order chi connectivity index (χ0) is 17.3. The molecular weight excluding hydrogens is 306 g/mol. The number of hydrogen-bond acceptors (Lipinski definition) is 3. The molecule has 0 radical (unpaired) electrons. The fourth-order valence-electron chi connectivity index (χ4n) is 3.05. The number of carbonyl (C=O) groups is 3. The van der Waals surface area contributed by atoms with Crippen molar-refractivity contribution >= 4 is 17.8 Å². The number of nitrogens with one attached hydrogen (secondary N) is 1. The number of benzene rings is 1. The highest BCUT2D eigenvalue weighted by atomic mass is 16.2. The smallest absolute Gasteiger partial charge is 0.327 e. The highest BCUT2D eigenvalue weighted by Crippen LogP contribution is 2.30. The molecular formula is C18H23N3O3. The van der Waals surface area contributed by atoms with E-state index in [0.29, 0.717) is 0 Å². The van der Waals surface area contributed by atoms with E-state index in [9.17, 15) is 14.4 Å². The number of urea groups is 1. The van der Waals surface area contributed by atoms with Gasteiger partial charge in [0.25, 0.3) is 5.91 Å². The van der Waals surface area contributed by atoms with Crippen LogP contribution in [-0.4, -0.2) is 46.8 Å². The van der Waals surface area contributed by atoms with Crippen LogP contribution in [0.3, 0.4) is 0 Å². The summed E-state index contributed by atoms with van der Waals surface area (Å²) in [5, 5.41) is 2.96. The number of imide groups is 1. The van der Waals surface area contributed by atoms with Crippen molar-refractivity contribution in [3.63, 3.8) is 0 Å². The molecule has 2 fully saturated rings. The van der Waals surface area contributed by atoms with Crippen molar-refractivity contribution in [2.75, 3.05) is 13.1 Å². The summed E-state index contributed by atoms with van der Waals surface area (Å²) < 4.78 is 0. The maximum Gasteiger partial charge on any atom is 0.327 e. The minimum absolute atomic E-state index is 0.100. The largest absolute Gasteiger partial charge is 0.347 e. The third-order valence-corrected chi connectivity index (χ3v) is 4.51. The second-order valence-electron chi connectivity index (χ2n) is 6.82. The van der Waals surface area contributed by atoms with Crippen molar-refractivity contribution in [2.45, 2.75) is 38.8 Å². The van der Waals surface area contributed by atoms with E-state index in [0.717, 1.165) is 23.3 Å². The first-order chi connectivity index (χ1) is 11.5. The Balaban J connectivity index is 1.64. The molecule has 1 aromatic rings. The first kappa shape index (κ1) is 16.5. The summed E-state index contributed by atoms with van der Waals surface area (Å²) in [6.45, 7) is 3.94. The van der Waals surface area contributed by atoms with Crippen LogP contribution in [0.1, 0.15) is 38.3 Å². The maximum absolute atomic E-state index is 12.4. The fourth-order valence-corrected chi connectivity index (χ4v) is 3.05. The second kappa shape index (κ2) is 6.63. The van der Waals surface area contributed by atoms with Gasteiger partial charge in [-0.15, -0.1) is 0 Å². The molecule has 0 spiro atoms. The molecule has 1 saturated carbocycles. The van der Waals surface area contributed by atoms with Crippen LogP contribution in [0.5, 0.6) is 0 Å². The molecule has 1 unspecified atom stereocenters. The first-order valence-electron chi connectivity index (χ1n) is 8.42. The van der Waals surface area contributed by atoms with Crippen LogP contribution < -0.4 is 5.32 Å². The van der Waals surface area contributed by atoms with E-state index in [4.69, 9.17) is 0 Å². The Hall–Kier alpha value is -2.37. The Bertz CT molecular complexity index is 640. The van der Waals surface area contributed by atoms with Crippen molar-refractivity contribution in [3.8, 4) is 0 Å². The number of nitrogens with zero attached hydrogens (tertiary/aromatic N) is 2. The Morgan fingerprint density at radius 2 is 1.88 bits per heavy atom. The van der Waals surface area contributed by atoms with Crippen molar-refractivity contribution in [1.29, 1.82) is 0 Å². The van der Waals surface area contributed by atoms with Gasteiger partial charge in [-0.25, -0.2) is 4.79 Å². The molecule has 1 saturated heterocycles. The Morgan fingerprint density at radius 3 is 2.46 bits per heavy atom. The van der Waals surface area contributed by atoms with Crippen LogP contribution in [-0.2, 0) is 9.59 Å². The van der Waals surface area contributed by atoms with Gasteiger partial charge in [0.1, 0.15) is 13.1 Å². The number of rotatable bonds is 6. The predicted molar refractivity (Wildman–Crippen MR) is 89.0 cm³/mol. The molecule has 128 valence electrons. The topological polar surface area (TPSA) is 69.7 Å². The maximum atomic E-state index is 12.4. The minimum Gasteiger partial charge on any atom is -0.347 e. The summed E-state index contributed by atoms with van der Waals surface area (Å²) in [4.78, 5) is 39.3. The molecule has 1 atom stereocenters. The van der Waals surface area contributed by atoms with Crippen LogP contribution in [0.15, 0.2) is 30.3 Å². The van der Waals surface area contributed by atoms with E-state index < -0.39 is 0 Å². The number of amides is 4. The van der Waals surface area contributed by atoms with E-state index in [2.05, 4.69) is 5.32 Å². The molecule has 6 nitrogen and oxygen atoms in total. The third-order valence-electron chi connectivity index (χ3n) is 4.51. The van der Waals surface area contributed by atoms with Crippen molar-refractivity contribution in [3.05, 3.63) is 35.9 Å². The van der Waals surface area contributed by atoms with Gasteiger partial charge in [0.15, 0.2) is 0 Å². The highest BCUT2D eigenvalue weighted by molar-refractivity contribution is 6.04. The molecule has 1 N–H and O–H groups in total. The molecule has 1 aliphatic carbocycles. The van der Waals surface area contributed by atoms with E-state index in [1.54, 1.807) is 4.90 Å². The highest BCUT2D eigenvalue weighted by Gasteiger charge is 2.44. The molecule has 0 bridgehead atoms. The number of carbonyl (C=O) groups excluding carboxylic acids is 3. The quantitative estimate of drug-likeness (QED) is 0.811. The first-order valence-corrected chi connectivity index (χ1v) is 8.42. The lowest BCUT2D eigenvalue weighted by atomic mass is 9.96. The van der Waals surface area contributed by atoms with Crippen LogP contribution in [0.25, 0.3) is 0 Å². The van der Waals surface area contributed by atoms with Crippen molar-refractivity contribution in [2.24, 2.45) is 5.92 Å². The Labute approximate surface area is 141 Å². The minimum atomic E-state index is -0.335. The van der Waals surface area contributed by atoms with E-state index in [1.165, 1.54) is 0 Å². The predicted octanol–water partition coefficient (Wildman–Crippen LogP) is 1.93. The normalized spacial score (nSPS) is 19.1. The molecule has 3 rings (SSSR count). The lowest BCUT2D eigenvalue weighted by molar-refractivity contribution is -0.131. The summed E-state index contributed by atoms with van der Waals surface area (Å²) in [5.74, 6) is -0.399. The second-order valence-corrected chi connectivity index (χ2v) is 6.82. The van der Waals surface area contributed by atoms with Crippen molar-refractivity contribution in [1.82, 2.24) is 15.1 Å². The van der Waals surface area contributed by atoms with Crippen LogP contribution in [0, 0.1) is 5.92 Å². The SMILES string of the molecule is CC(C)C(NC(=O)CN1C(=O)CN(C2CC2)C1=O)c1ccccc1. The van der Waals surface area contributed by atoms with Gasteiger partial charge in [-0.1, -0.05) is 44.2 Å². The third kappa shape index (κ3) is 3.42. The molecule has 2 aliphatic rings. The van der Waals surface area contributed by atoms with Gasteiger partial charge in [-0.3, -0.25) is 14.5 Å². The lowest BCUT2D eigenvalue weighted by Gasteiger charge is -2.24. The summed E-state index contributed by atoms with van der Waals surface area (Å²) in [6.07, 6.45) is 1.89. The van der Waals surface area contributed by atoms with E-state index in [1.807, 2.05) is 44.2 Å².